The van der Waals surface area contributed by atoms with Crippen LogP contribution in [-0.4, -0.2) is 16.9 Å². The third kappa shape index (κ3) is 2.30. The number of anilines is 1. The summed E-state index contributed by atoms with van der Waals surface area (Å²) in [4.78, 5) is 0. The molecule has 0 unspecified atom stereocenters. The quantitative estimate of drug-likeness (QED) is 0.862. The molecule has 0 radical (unpaired) electrons. The minimum absolute atomic E-state index is 0.500. The van der Waals surface area contributed by atoms with Crippen molar-refractivity contribution in [3.8, 4) is 17.0 Å². The molecule has 1 aliphatic rings. The fraction of sp³-hybridized carbons (Fsp3) is 0.400. The SMILES string of the molecule is COc1cc(N)c(-c2ccnn2C2CCCC2)cc1Br. The predicted molar refractivity (Wildman–Crippen MR) is 83.8 cm³/mol. The molecule has 20 heavy (non-hydrogen) atoms. The lowest BCUT2D eigenvalue weighted by Crippen LogP contribution is -2.08. The molecule has 2 aromatic rings. The molecule has 1 saturated carbocycles. The summed E-state index contributed by atoms with van der Waals surface area (Å²) in [6.45, 7) is 0. The number of ether oxygens (including phenoxy) is 1. The fourth-order valence-corrected chi connectivity index (χ4v) is 3.42. The molecule has 0 atom stereocenters. The molecule has 106 valence electrons. The van der Waals surface area contributed by atoms with E-state index in [-0.39, 0.29) is 0 Å². The molecule has 1 aromatic heterocycles. The third-order valence-electron chi connectivity index (χ3n) is 3.94. The number of hydrogen-bond donors (Lipinski definition) is 1. The first-order valence-electron chi connectivity index (χ1n) is 6.87. The van der Waals surface area contributed by atoms with Crippen LogP contribution < -0.4 is 10.5 Å². The summed E-state index contributed by atoms with van der Waals surface area (Å²) < 4.78 is 8.31. The zero-order chi connectivity index (χ0) is 14.1. The van der Waals surface area contributed by atoms with E-state index in [1.54, 1.807) is 7.11 Å². The van der Waals surface area contributed by atoms with Crippen LogP contribution >= 0.6 is 15.9 Å². The normalized spacial score (nSPS) is 15.7. The Labute approximate surface area is 127 Å². The van der Waals surface area contributed by atoms with E-state index >= 15 is 0 Å². The molecule has 2 N–H and O–H groups in total. The number of nitrogen functional groups attached to an aromatic ring is 1. The molecule has 4 nitrogen and oxygen atoms in total. The van der Waals surface area contributed by atoms with Crippen LogP contribution in [0.2, 0.25) is 0 Å². The second-order valence-electron chi connectivity index (χ2n) is 5.17. The van der Waals surface area contributed by atoms with Crippen LogP contribution in [0.15, 0.2) is 28.9 Å². The summed E-state index contributed by atoms with van der Waals surface area (Å²) in [6, 6.07) is 6.39. The van der Waals surface area contributed by atoms with Crippen molar-refractivity contribution < 1.29 is 4.74 Å². The summed E-state index contributed by atoms with van der Waals surface area (Å²) in [5, 5.41) is 4.50. The standard InChI is InChI=1S/C15H18BrN3O/c1-20-15-9-13(17)11(8-12(15)16)14-6-7-18-19(14)10-4-2-3-5-10/h6-10H,2-5,17H2,1H3. The molecule has 0 spiro atoms. The lowest BCUT2D eigenvalue weighted by atomic mass is 10.1. The second kappa shape index (κ2) is 5.48. The van der Waals surface area contributed by atoms with Crippen LogP contribution in [0.25, 0.3) is 11.3 Å². The van der Waals surface area contributed by atoms with Gasteiger partial charge in [0.25, 0.3) is 0 Å². The largest absolute Gasteiger partial charge is 0.495 e. The maximum atomic E-state index is 6.18. The molecule has 0 aliphatic heterocycles. The number of halogens is 1. The Hall–Kier alpha value is -1.49. The number of rotatable bonds is 3. The summed E-state index contributed by atoms with van der Waals surface area (Å²) in [5.74, 6) is 0.748. The van der Waals surface area contributed by atoms with Gasteiger partial charge in [-0.3, -0.25) is 4.68 Å². The van der Waals surface area contributed by atoms with Crippen molar-refractivity contribution >= 4 is 21.6 Å². The van der Waals surface area contributed by atoms with Crippen LogP contribution in [0.4, 0.5) is 5.69 Å². The zero-order valence-electron chi connectivity index (χ0n) is 11.5. The molecule has 0 bridgehead atoms. The van der Waals surface area contributed by atoms with Gasteiger partial charge in [-0.05, 0) is 40.9 Å². The first-order chi connectivity index (χ1) is 9.70. The van der Waals surface area contributed by atoms with E-state index < -0.39 is 0 Å². The van der Waals surface area contributed by atoms with Gasteiger partial charge >= 0.3 is 0 Å². The van der Waals surface area contributed by atoms with E-state index in [1.807, 2.05) is 24.4 Å². The second-order valence-corrected chi connectivity index (χ2v) is 6.03. The molecule has 1 heterocycles. The Balaban J connectivity index is 2.05. The lowest BCUT2D eigenvalue weighted by Gasteiger charge is -2.16. The Morgan fingerprint density at radius 1 is 1.35 bits per heavy atom. The Kier molecular flexibility index (Phi) is 3.70. The van der Waals surface area contributed by atoms with Gasteiger partial charge in [-0.25, -0.2) is 0 Å². The van der Waals surface area contributed by atoms with E-state index in [4.69, 9.17) is 10.5 Å². The average Bonchev–Trinajstić information content (AvgIpc) is 3.09. The number of aromatic nitrogens is 2. The molecular weight excluding hydrogens is 318 g/mol. The number of nitrogens with two attached hydrogens (primary N) is 1. The van der Waals surface area contributed by atoms with Gasteiger partial charge in [0.15, 0.2) is 0 Å². The van der Waals surface area contributed by atoms with Crippen molar-refractivity contribution in [3.63, 3.8) is 0 Å². The van der Waals surface area contributed by atoms with Crippen LogP contribution in [0.5, 0.6) is 5.75 Å². The van der Waals surface area contributed by atoms with E-state index in [1.165, 1.54) is 25.7 Å². The van der Waals surface area contributed by atoms with Gasteiger partial charge in [-0.1, -0.05) is 12.8 Å². The zero-order valence-corrected chi connectivity index (χ0v) is 13.1. The smallest absolute Gasteiger partial charge is 0.135 e. The van der Waals surface area contributed by atoms with Crippen LogP contribution in [-0.2, 0) is 0 Å². The monoisotopic (exact) mass is 335 g/mol. The van der Waals surface area contributed by atoms with Gasteiger partial charge in [0.05, 0.1) is 23.3 Å². The molecule has 3 rings (SSSR count). The number of methoxy groups -OCH3 is 1. The maximum absolute atomic E-state index is 6.18. The highest BCUT2D eigenvalue weighted by atomic mass is 79.9. The van der Waals surface area contributed by atoms with Gasteiger partial charge in [0.2, 0.25) is 0 Å². The summed E-state index contributed by atoms with van der Waals surface area (Å²) >= 11 is 3.52. The third-order valence-corrected chi connectivity index (χ3v) is 4.56. The predicted octanol–water partition coefficient (Wildman–Crippen LogP) is 4.02. The van der Waals surface area contributed by atoms with Crippen LogP contribution in [0, 0.1) is 0 Å². The molecule has 1 aromatic carbocycles. The van der Waals surface area contributed by atoms with Crippen molar-refractivity contribution in [2.45, 2.75) is 31.7 Å². The Morgan fingerprint density at radius 2 is 2.10 bits per heavy atom. The Morgan fingerprint density at radius 3 is 2.80 bits per heavy atom. The van der Waals surface area contributed by atoms with E-state index in [0.717, 1.165) is 21.5 Å². The summed E-state index contributed by atoms with van der Waals surface area (Å²) in [6.07, 6.45) is 6.82. The molecule has 0 saturated heterocycles. The van der Waals surface area contributed by atoms with Crippen LogP contribution in [0.1, 0.15) is 31.7 Å². The summed E-state index contributed by atoms with van der Waals surface area (Å²) in [5.41, 5.74) is 8.98. The van der Waals surface area contributed by atoms with Gasteiger partial charge in [-0.2, -0.15) is 5.10 Å². The van der Waals surface area contributed by atoms with E-state index in [0.29, 0.717) is 11.7 Å². The number of hydrogen-bond acceptors (Lipinski definition) is 3. The van der Waals surface area contributed by atoms with Crippen molar-refractivity contribution in [1.82, 2.24) is 9.78 Å². The van der Waals surface area contributed by atoms with Crippen molar-refractivity contribution in [2.24, 2.45) is 0 Å². The highest BCUT2D eigenvalue weighted by Gasteiger charge is 2.21. The van der Waals surface area contributed by atoms with Gasteiger partial charge in [-0.15, -0.1) is 0 Å². The molecule has 0 amide bonds. The minimum Gasteiger partial charge on any atom is -0.495 e. The average molecular weight is 336 g/mol. The molecular formula is C15H18BrN3O. The van der Waals surface area contributed by atoms with Gasteiger partial charge in [0.1, 0.15) is 5.75 Å². The summed E-state index contributed by atoms with van der Waals surface area (Å²) in [7, 11) is 1.64. The van der Waals surface area contributed by atoms with Gasteiger partial charge in [0, 0.05) is 23.5 Å². The first-order valence-corrected chi connectivity index (χ1v) is 7.67. The molecule has 5 heteroatoms. The van der Waals surface area contributed by atoms with E-state index in [9.17, 15) is 0 Å². The number of nitrogens with zero attached hydrogens (tertiary/aromatic N) is 2. The Bertz CT molecular complexity index is 618. The first kappa shape index (κ1) is 13.5. The molecule has 1 aliphatic carbocycles. The van der Waals surface area contributed by atoms with Crippen LogP contribution in [0.3, 0.4) is 0 Å². The highest BCUT2D eigenvalue weighted by molar-refractivity contribution is 9.10. The maximum Gasteiger partial charge on any atom is 0.135 e. The van der Waals surface area contributed by atoms with Gasteiger partial charge < -0.3 is 10.5 Å². The van der Waals surface area contributed by atoms with Crippen molar-refractivity contribution in [2.75, 3.05) is 12.8 Å². The molecule has 1 fully saturated rings. The van der Waals surface area contributed by atoms with Crippen molar-refractivity contribution in [3.05, 3.63) is 28.9 Å². The topological polar surface area (TPSA) is 53.1 Å². The van der Waals surface area contributed by atoms with Crippen molar-refractivity contribution in [1.29, 1.82) is 0 Å². The minimum atomic E-state index is 0.500. The number of benzene rings is 1. The lowest BCUT2D eigenvalue weighted by molar-refractivity contribution is 0.412. The van der Waals surface area contributed by atoms with E-state index in [2.05, 4.69) is 25.7 Å². The highest BCUT2D eigenvalue weighted by Crippen LogP contribution is 2.38. The fourth-order valence-electron chi connectivity index (χ4n) is 2.91.